The summed E-state index contributed by atoms with van der Waals surface area (Å²) in [4.78, 5) is 13.6. The van der Waals surface area contributed by atoms with Gasteiger partial charge in [0.1, 0.15) is 42.3 Å². The van der Waals surface area contributed by atoms with E-state index in [-0.39, 0.29) is 19.6 Å². The van der Waals surface area contributed by atoms with E-state index in [1.54, 1.807) is 14.2 Å². The lowest BCUT2D eigenvalue weighted by molar-refractivity contribution is -0.138. The Morgan fingerprint density at radius 3 is 1.57 bits per heavy atom. The van der Waals surface area contributed by atoms with Crippen LogP contribution in [0.25, 0.3) is 0 Å². The van der Waals surface area contributed by atoms with Crippen molar-refractivity contribution in [2.45, 2.75) is 25.6 Å². The van der Waals surface area contributed by atoms with E-state index in [1.807, 2.05) is 97.1 Å². The molecule has 0 aliphatic heterocycles. The maximum absolute atomic E-state index is 11.5. The van der Waals surface area contributed by atoms with Gasteiger partial charge in [-0.1, -0.05) is 60.1 Å². The van der Waals surface area contributed by atoms with E-state index < -0.39 is 12.0 Å². The minimum atomic E-state index is -1.03. The summed E-state index contributed by atoms with van der Waals surface area (Å²) in [5.41, 5.74) is 9.51. The maximum atomic E-state index is 11.5. The minimum absolute atomic E-state index is 0.209. The molecule has 46 heavy (non-hydrogen) atoms. The molecule has 0 fully saturated rings. The second-order valence-corrected chi connectivity index (χ2v) is 10.3. The number of hydrogen-bond acceptors (Lipinski definition) is 7. The third-order valence-electron chi connectivity index (χ3n) is 7.05. The van der Waals surface area contributed by atoms with Crippen molar-refractivity contribution in [3.63, 3.8) is 0 Å². The predicted molar refractivity (Wildman–Crippen MR) is 178 cm³/mol. The highest BCUT2D eigenvalue weighted by molar-refractivity contribution is 5.73. The first-order valence-corrected chi connectivity index (χ1v) is 14.8. The van der Waals surface area contributed by atoms with Crippen molar-refractivity contribution in [3.8, 4) is 46.7 Å². The van der Waals surface area contributed by atoms with E-state index in [2.05, 4.69) is 28.6 Å². The molecule has 0 aliphatic carbocycles. The summed E-state index contributed by atoms with van der Waals surface area (Å²) in [5.74, 6) is 14.3. The van der Waals surface area contributed by atoms with Gasteiger partial charge >= 0.3 is 5.97 Å². The average Bonchev–Trinajstić information content (AvgIpc) is 3.09. The zero-order chi connectivity index (χ0) is 32.6. The van der Waals surface area contributed by atoms with E-state index in [9.17, 15) is 9.90 Å². The molecule has 0 bridgehead atoms. The molecule has 0 amide bonds. The van der Waals surface area contributed by atoms with Crippen molar-refractivity contribution in [2.75, 3.05) is 34.0 Å². The molecule has 0 heterocycles. The zero-order valence-corrected chi connectivity index (χ0v) is 26.1. The largest absolute Gasteiger partial charge is 0.497 e. The Hall–Kier alpha value is -5.41. The number of ether oxygens (including phenoxy) is 4. The van der Waals surface area contributed by atoms with Gasteiger partial charge < -0.3 is 29.8 Å². The highest BCUT2D eigenvalue weighted by Crippen LogP contribution is 2.24. The number of aliphatic carboxylic acids is 1. The smallest absolute Gasteiger partial charge is 0.320 e. The molecule has 0 saturated heterocycles. The van der Waals surface area contributed by atoms with Crippen molar-refractivity contribution < 1.29 is 28.8 Å². The van der Waals surface area contributed by atoms with E-state index in [0.29, 0.717) is 31.1 Å². The number of carboxylic acids is 1. The lowest BCUT2D eigenvalue weighted by Gasteiger charge is -2.25. The van der Waals surface area contributed by atoms with Gasteiger partial charge in [0.25, 0.3) is 0 Å². The van der Waals surface area contributed by atoms with Gasteiger partial charge in [0.15, 0.2) is 0 Å². The number of nitrogens with zero attached hydrogens (tertiary/aromatic N) is 1. The average molecular weight is 619 g/mol. The summed E-state index contributed by atoms with van der Waals surface area (Å²) in [6.45, 7) is 1.87. The predicted octanol–water partition coefficient (Wildman–Crippen LogP) is 5.37. The molecule has 0 saturated carbocycles. The molecule has 4 aromatic rings. The summed E-state index contributed by atoms with van der Waals surface area (Å²) in [5, 5.41) is 9.40. The molecule has 3 N–H and O–H groups in total. The van der Waals surface area contributed by atoms with Crippen molar-refractivity contribution in [1.82, 2.24) is 4.90 Å². The summed E-state index contributed by atoms with van der Waals surface area (Å²) in [7, 11) is 3.25. The third kappa shape index (κ3) is 10.6. The number of benzene rings is 4. The van der Waals surface area contributed by atoms with E-state index >= 15 is 0 Å². The zero-order valence-electron chi connectivity index (χ0n) is 26.1. The fourth-order valence-electron chi connectivity index (χ4n) is 4.54. The second kappa shape index (κ2) is 17.8. The quantitative estimate of drug-likeness (QED) is 0.182. The molecule has 0 aromatic heterocycles. The van der Waals surface area contributed by atoms with Crippen LogP contribution in [-0.4, -0.2) is 56.0 Å². The van der Waals surface area contributed by atoms with Crippen LogP contribution in [0.3, 0.4) is 0 Å². The van der Waals surface area contributed by atoms with Crippen LogP contribution in [0.15, 0.2) is 97.1 Å². The highest BCUT2D eigenvalue weighted by Gasteiger charge is 2.17. The Morgan fingerprint density at radius 1 is 0.717 bits per heavy atom. The molecule has 8 heteroatoms. The van der Waals surface area contributed by atoms with Gasteiger partial charge in [0.05, 0.1) is 14.2 Å². The lowest BCUT2D eigenvalue weighted by atomic mass is 10.1. The Labute approximate surface area is 270 Å². The Bertz CT molecular complexity index is 1570. The first-order valence-electron chi connectivity index (χ1n) is 14.8. The molecule has 0 radical (unpaired) electrons. The maximum Gasteiger partial charge on any atom is 0.320 e. The highest BCUT2D eigenvalue weighted by atomic mass is 16.5. The fraction of sp³-hybridized carbons (Fsp3) is 0.237. The minimum Gasteiger partial charge on any atom is -0.497 e. The lowest BCUT2D eigenvalue weighted by Crippen LogP contribution is -2.35. The van der Waals surface area contributed by atoms with Crippen LogP contribution in [0.2, 0.25) is 0 Å². The van der Waals surface area contributed by atoms with Crippen molar-refractivity contribution in [3.05, 3.63) is 119 Å². The number of hydrogen-bond donors (Lipinski definition) is 2. The van der Waals surface area contributed by atoms with Crippen LogP contribution < -0.4 is 24.7 Å². The van der Waals surface area contributed by atoms with Crippen molar-refractivity contribution in [2.24, 2.45) is 5.73 Å². The molecule has 8 nitrogen and oxygen atoms in total. The molecule has 0 aliphatic rings. The SMILES string of the molecule is COc1ccc(C#CCOc2ccccc2CN(CC[C@H](N)C(=O)O)Cc2ccccc2OCC#Cc2ccc(OC)cc2)cc1. The molecular weight excluding hydrogens is 580 g/mol. The Kier molecular flexibility index (Phi) is 12.9. The Balaban J connectivity index is 1.44. The molecular formula is C38H38N2O6. The number of para-hydroxylation sites is 2. The van der Waals surface area contributed by atoms with Crippen LogP contribution in [-0.2, 0) is 17.9 Å². The number of carbonyl (C=O) groups is 1. The van der Waals surface area contributed by atoms with E-state index in [1.165, 1.54) is 0 Å². The van der Waals surface area contributed by atoms with E-state index in [0.717, 1.165) is 33.8 Å². The summed E-state index contributed by atoms with van der Waals surface area (Å²) in [6.07, 6.45) is 0.280. The van der Waals surface area contributed by atoms with Crippen LogP contribution >= 0.6 is 0 Å². The number of rotatable bonds is 14. The monoisotopic (exact) mass is 618 g/mol. The molecule has 4 aromatic carbocycles. The molecule has 1 atom stereocenters. The molecule has 4 rings (SSSR count). The molecule has 236 valence electrons. The Morgan fingerprint density at radius 2 is 1.15 bits per heavy atom. The van der Waals surface area contributed by atoms with Gasteiger partial charge in [-0.2, -0.15) is 0 Å². The normalized spacial score (nSPS) is 11.0. The first-order chi connectivity index (χ1) is 22.4. The van der Waals surface area contributed by atoms with Crippen LogP contribution in [0.1, 0.15) is 28.7 Å². The summed E-state index contributed by atoms with van der Waals surface area (Å²) >= 11 is 0. The van der Waals surface area contributed by atoms with Gasteiger partial charge in [-0.15, -0.1) is 0 Å². The van der Waals surface area contributed by atoms with Crippen molar-refractivity contribution >= 4 is 5.97 Å². The van der Waals surface area contributed by atoms with Gasteiger partial charge in [-0.05, 0) is 67.1 Å². The standard InChI is InChI=1S/C38H38N2O6/c1-43-33-19-15-29(16-20-33)9-7-25-45-36-13-5-3-11-31(36)27-40(24-23-35(39)38(41)42)28-32-12-4-6-14-37(32)46-26-8-10-30-17-21-34(44-2)22-18-30/h3-6,11-22,35H,23-28,39H2,1-2H3,(H,41,42)/t35-/m0/s1. The fourth-order valence-corrected chi connectivity index (χ4v) is 4.54. The van der Waals surface area contributed by atoms with Gasteiger partial charge in [-0.25, -0.2) is 0 Å². The van der Waals surface area contributed by atoms with Gasteiger partial charge in [0, 0.05) is 41.9 Å². The van der Waals surface area contributed by atoms with Crippen LogP contribution in [0.4, 0.5) is 0 Å². The number of nitrogens with two attached hydrogens (primary N) is 1. The van der Waals surface area contributed by atoms with Crippen LogP contribution in [0, 0.1) is 23.7 Å². The summed E-state index contributed by atoms with van der Waals surface area (Å²) < 4.78 is 22.5. The summed E-state index contributed by atoms with van der Waals surface area (Å²) in [6, 6.07) is 29.6. The molecule has 0 spiro atoms. The number of carboxylic acid groups (broad SMARTS) is 1. The third-order valence-corrected chi connectivity index (χ3v) is 7.05. The number of methoxy groups -OCH3 is 2. The topological polar surface area (TPSA) is 103 Å². The second-order valence-electron chi connectivity index (χ2n) is 10.3. The van der Waals surface area contributed by atoms with Crippen molar-refractivity contribution in [1.29, 1.82) is 0 Å². The van der Waals surface area contributed by atoms with Gasteiger partial charge in [-0.3, -0.25) is 9.69 Å². The van der Waals surface area contributed by atoms with E-state index in [4.69, 9.17) is 24.7 Å². The first kappa shape index (κ1) is 33.5. The van der Waals surface area contributed by atoms with Gasteiger partial charge in [0.2, 0.25) is 0 Å². The van der Waals surface area contributed by atoms with Crippen LogP contribution in [0.5, 0.6) is 23.0 Å². The molecule has 0 unspecified atom stereocenters.